The van der Waals surface area contributed by atoms with E-state index >= 15 is 0 Å². The van der Waals surface area contributed by atoms with E-state index in [9.17, 15) is 0 Å². The van der Waals surface area contributed by atoms with Gasteiger partial charge in [-0.2, -0.15) is 0 Å². The summed E-state index contributed by atoms with van der Waals surface area (Å²) in [5, 5.41) is 3.27. The normalized spacial score (nSPS) is 23.1. The van der Waals surface area contributed by atoms with Crippen LogP contribution in [0.5, 0.6) is 0 Å². The molecule has 1 fully saturated rings. The maximum Gasteiger partial charge on any atom is 0.0367 e. The fourth-order valence-corrected chi connectivity index (χ4v) is 2.42. The molecule has 1 aliphatic rings. The smallest absolute Gasteiger partial charge is 0.0367 e. The highest BCUT2D eigenvalue weighted by Crippen LogP contribution is 2.21. The van der Waals surface area contributed by atoms with Crippen LogP contribution in [0.1, 0.15) is 25.5 Å². The van der Waals surface area contributed by atoms with Crippen LogP contribution in [0.15, 0.2) is 24.3 Å². The molecule has 0 amide bonds. The zero-order valence-corrected chi connectivity index (χ0v) is 12.0. The molecule has 3 nitrogen and oxygen atoms in total. The summed E-state index contributed by atoms with van der Waals surface area (Å²) in [5.74, 6) is 0. The van der Waals surface area contributed by atoms with Gasteiger partial charge in [0.2, 0.25) is 0 Å². The quantitative estimate of drug-likeness (QED) is 0.882. The van der Waals surface area contributed by atoms with Crippen molar-refractivity contribution in [3.8, 4) is 0 Å². The maximum atomic E-state index is 3.27. The van der Waals surface area contributed by atoms with E-state index in [4.69, 9.17) is 0 Å². The molecule has 2 atom stereocenters. The Balaban J connectivity index is 2.06. The van der Waals surface area contributed by atoms with Crippen LogP contribution in [0, 0.1) is 0 Å². The minimum Gasteiger partial charge on any atom is -0.369 e. The molecule has 1 aromatic carbocycles. The van der Waals surface area contributed by atoms with Crippen LogP contribution in [-0.4, -0.2) is 44.7 Å². The SMILES string of the molecule is CNC(C)c1ccc(N2CCN(C)C(C)C2)cc1. The van der Waals surface area contributed by atoms with Crippen molar-refractivity contribution in [2.75, 3.05) is 38.6 Å². The first kappa shape index (κ1) is 13.4. The molecular weight excluding hydrogens is 222 g/mol. The molecule has 0 aromatic heterocycles. The lowest BCUT2D eigenvalue weighted by molar-refractivity contribution is 0.234. The highest BCUT2D eigenvalue weighted by Gasteiger charge is 2.20. The summed E-state index contributed by atoms with van der Waals surface area (Å²) in [7, 11) is 4.21. The Labute approximate surface area is 111 Å². The number of nitrogens with zero attached hydrogens (tertiary/aromatic N) is 2. The van der Waals surface area contributed by atoms with Crippen LogP contribution in [0.2, 0.25) is 0 Å². The standard InChI is InChI=1S/C15H25N3/c1-12-11-18(10-9-17(12)4)15-7-5-14(6-8-15)13(2)16-3/h5-8,12-13,16H,9-11H2,1-4H3. The highest BCUT2D eigenvalue weighted by atomic mass is 15.3. The zero-order chi connectivity index (χ0) is 13.1. The average Bonchev–Trinajstić information content (AvgIpc) is 2.41. The molecule has 2 rings (SSSR count). The van der Waals surface area contributed by atoms with E-state index in [1.165, 1.54) is 11.3 Å². The third-order valence-electron chi connectivity index (χ3n) is 4.15. The molecule has 0 aliphatic carbocycles. The second kappa shape index (κ2) is 5.72. The monoisotopic (exact) mass is 247 g/mol. The van der Waals surface area contributed by atoms with Crippen LogP contribution in [-0.2, 0) is 0 Å². The molecular formula is C15H25N3. The van der Waals surface area contributed by atoms with E-state index in [0.29, 0.717) is 12.1 Å². The summed E-state index contributed by atoms with van der Waals surface area (Å²) in [6, 6.07) is 10.0. The largest absolute Gasteiger partial charge is 0.369 e. The van der Waals surface area contributed by atoms with Gasteiger partial charge in [0, 0.05) is 37.4 Å². The van der Waals surface area contributed by atoms with Gasteiger partial charge in [-0.1, -0.05) is 12.1 Å². The first-order valence-electron chi connectivity index (χ1n) is 6.84. The van der Waals surface area contributed by atoms with E-state index in [-0.39, 0.29) is 0 Å². The Hall–Kier alpha value is -1.06. The number of hydrogen-bond acceptors (Lipinski definition) is 3. The Bertz CT molecular complexity index is 374. The number of rotatable bonds is 3. The van der Waals surface area contributed by atoms with Gasteiger partial charge in [-0.05, 0) is 45.6 Å². The molecule has 0 radical (unpaired) electrons. The molecule has 0 spiro atoms. The summed E-state index contributed by atoms with van der Waals surface area (Å²) >= 11 is 0. The number of anilines is 1. The molecule has 3 heteroatoms. The van der Waals surface area contributed by atoms with Gasteiger partial charge < -0.3 is 15.1 Å². The number of piperazine rings is 1. The first-order valence-corrected chi connectivity index (χ1v) is 6.84. The molecule has 1 aliphatic heterocycles. The molecule has 1 aromatic rings. The van der Waals surface area contributed by atoms with Crippen molar-refractivity contribution < 1.29 is 0 Å². The van der Waals surface area contributed by atoms with E-state index in [2.05, 4.69) is 60.3 Å². The summed E-state index contributed by atoms with van der Waals surface area (Å²) in [6.07, 6.45) is 0. The van der Waals surface area contributed by atoms with Crippen molar-refractivity contribution >= 4 is 5.69 Å². The van der Waals surface area contributed by atoms with Gasteiger partial charge in [0.1, 0.15) is 0 Å². The Morgan fingerprint density at radius 2 is 1.89 bits per heavy atom. The molecule has 18 heavy (non-hydrogen) atoms. The number of benzene rings is 1. The first-order chi connectivity index (χ1) is 8.61. The summed E-state index contributed by atoms with van der Waals surface area (Å²) in [6.45, 7) is 7.88. The minimum atomic E-state index is 0.422. The number of likely N-dealkylation sites (N-methyl/N-ethyl adjacent to an activating group) is 1. The predicted octanol–water partition coefficient (Wildman–Crippen LogP) is 2.11. The van der Waals surface area contributed by atoms with Crippen LogP contribution >= 0.6 is 0 Å². The van der Waals surface area contributed by atoms with Gasteiger partial charge in [-0.25, -0.2) is 0 Å². The van der Waals surface area contributed by atoms with Gasteiger partial charge in [-0.3, -0.25) is 0 Å². The van der Waals surface area contributed by atoms with Crippen LogP contribution < -0.4 is 10.2 Å². The van der Waals surface area contributed by atoms with Gasteiger partial charge in [0.05, 0.1) is 0 Å². The molecule has 1 heterocycles. The molecule has 2 unspecified atom stereocenters. The van der Waals surface area contributed by atoms with Crippen LogP contribution in [0.4, 0.5) is 5.69 Å². The fraction of sp³-hybridized carbons (Fsp3) is 0.600. The fourth-order valence-electron chi connectivity index (χ4n) is 2.42. The van der Waals surface area contributed by atoms with E-state index in [1.807, 2.05) is 7.05 Å². The summed E-state index contributed by atoms with van der Waals surface area (Å²) in [4.78, 5) is 4.91. The topological polar surface area (TPSA) is 18.5 Å². The van der Waals surface area contributed by atoms with Gasteiger partial charge in [0.15, 0.2) is 0 Å². The Morgan fingerprint density at radius 1 is 1.22 bits per heavy atom. The Morgan fingerprint density at radius 3 is 2.44 bits per heavy atom. The Kier molecular flexibility index (Phi) is 4.25. The number of nitrogens with one attached hydrogen (secondary N) is 1. The van der Waals surface area contributed by atoms with Crippen molar-refractivity contribution in [3.05, 3.63) is 29.8 Å². The zero-order valence-electron chi connectivity index (χ0n) is 12.0. The summed E-state index contributed by atoms with van der Waals surface area (Å²) in [5.41, 5.74) is 2.70. The van der Waals surface area contributed by atoms with E-state index < -0.39 is 0 Å². The van der Waals surface area contributed by atoms with Crippen LogP contribution in [0.3, 0.4) is 0 Å². The molecule has 100 valence electrons. The molecule has 0 bridgehead atoms. The van der Waals surface area contributed by atoms with Crippen molar-refractivity contribution in [3.63, 3.8) is 0 Å². The van der Waals surface area contributed by atoms with Crippen molar-refractivity contribution in [2.24, 2.45) is 0 Å². The number of hydrogen-bond donors (Lipinski definition) is 1. The maximum absolute atomic E-state index is 3.27. The van der Waals surface area contributed by atoms with Crippen LogP contribution in [0.25, 0.3) is 0 Å². The van der Waals surface area contributed by atoms with Gasteiger partial charge in [-0.15, -0.1) is 0 Å². The van der Waals surface area contributed by atoms with Crippen molar-refractivity contribution in [1.82, 2.24) is 10.2 Å². The second-order valence-electron chi connectivity index (χ2n) is 5.38. The van der Waals surface area contributed by atoms with E-state index in [1.54, 1.807) is 0 Å². The molecule has 0 saturated carbocycles. The van der Waals surface area contributed by atoms with E-state index in [0.717, 1.165) is 19.6 Å². The highest BCUT2D eigenvalue weighted by molar-refractivity contribution is 5.48. The predicted molar refractivity (Wildman–Crippen MR) is 78.2 cm³/mol. The summed E-state index contributed by atoms with van der Waals surface area (Å²) < 4.78 is 0. The third-order valence-corrected chi connectivity index (χ3v) is 4.15. The minimum absolute atomic E-state index is 0.422. The van der Waals surface area contributed by atoms with Gasteiger partial charge in [0.25, 0.3) is 0 Å². The third kappa shape index (κ3) is 2.85. The lowest BCUT2D eigenvalue weighted by Crippen LogP contribution is -2.50. The van der Waals surface area contributed by atoms with Crippen molar-refractivity contribution in [1.29, 1.82) is 0 Å². The van der Waals surface area contributed by atoms with Crippen molar-refractivity contribution in [2.45, 2.75) is 25.9 Å². The van der Waals surface area contributed by atoms with Gasteiger partial charge >= 0.3 is 0 Å². The lowest BCUT2D eigenvalue weighted by atomic mass is 10.1. The molecule has 1 saturated heterocycles. The average molecular weight is 247 g/mol. The molecule has 1 N–H and O–H groups in total. The lowest BCUT2D eigenvalue weighted by Gasteiger charge is -2.39. The second-order valence-corrected chi connectivity index (χ2v) is 5.38.